The van der Waals surface area contributed by atoms with Gasteiger partial charge in [-0.25, -0.2) is 17.2 Å². The first-order valence-corrected chi connectivity index (χ1v) is 7.62. The van der Waals surface area contributed by atoms with Crippen molar-refractivity contribution in [2.45, 2.75) is 11.4 Å². The maximum absolute atomic E-state index is 13.5. The van der Waals surface area contributed by atoms with Gasteiger partial charge in [0, 0.05) is 17.8 Å². The third kappa shape index (κ3) is 3.77. The van der Waals surface area contributed by atoms with E-state index in [4.69, 9.17) is 0 Å². The smallest absolute Gasteiger partial charge is 0.261 e. The summed E-state index contributed by atoms with van der Waals surface area (Å²) in [6.45, 7) is 0.214. The fraction of sp³-hybridized carbons (Fsp3) is 0.143. The van der Waals surface area contributed by atoms with Crippen molar-refractivity contribution in [1.29, 1.82) is 0 Å². The number of anilines is 1. The van der Waals surface area contributed by atoms with Crippen LogP contribution in [0, 0.1) is 11.6 Å². The van der Waals surface area contributed by atoms with E-state index in [0.717, 1.165) is 18.2 Å². The maximum Gasteiger partial charge on any atom is 0.261 e. The summed E-state index contributed by atoms with van der Waals surface area (Å²) < 4.78 is 53.0. The van der Waals surface area contributed by atoms with E-state index < -0.39 is 21.7 Å². The lowest BCUT2D eigenvalue weighted by molar-refractivity contribution is 0.591. The molecule has 21 heavy (non-hydrogen) atoms. The third-order valence-corrected chi connectivity index (χ3v) is 4.17. The lowest BCUT2D eigenvalue weighted by Gasteiger charge is -2.10. The Hall–Kier alpha value is -1.99. The molecule has 2 aromatic carbocycles. The highest BCUT2D eigenvalue weighted by Gasteiger charge is 2.16. The topological polar surface area (TPSA) is 58.2 Å². The van der Waals surface area contributed by atoms with Gasteiger partial charge in [-0.05, 0) is 49.5 Å². The third-order valence-electron chi connectivity index (χ3n) is 2.79. The molecule has 0 bridgehead atoms. The zero-order chi connectivity index (χ0) is 15.5. The predicted molar refractivity (Wildman–Crippen MR) is 76.4 cm³/mol. The van der Waals surface area contributed by atoms with Crippen LogP contribution in [-0.4, -0.2) is 15.5 Å². The second-order valence-electron chi connectivity index (χ2n) is 4.40. The van der Waals surface area contributed by atoms with E-state index in [2.05, 4.69) is 10.0 Å². The summed E-state index contributed by atoms with van der Waals surface area (Å²) in [5.41, 5.74) is 0.482. The van der Waals surface area contributed by atoms with Gasteiger partial charge in [0.25, 0.3) is 10.0 Å². The van der Waals surface area contributed by atoms with Gasteiger partial charge in [0.1, 0.15) is 11.6 Å². The molecule has 0 radical (unpaired) electrons. The van der Waals surface area contributed by atoms with Gasteiger partial charge in [-0.3, -0.25) is 4.72 Å². The summed E-state index contributed by atoms with van der Waals surface area (Å²) in [7, 11) is -2.21. The van der Waals surface area contributed by atoms with Gasteiger partial charge >= 0.3 is 0 Å². The second-order valence-corrected chi connectivity index (χ2v) is 6.08. The fourth-order valence-corrected chi connectivity index (χ4v) is 2.89. The average molecular weight is 312 g/mol. The Morgan fingerprint density at radius 1 is 1.05 bits per heavy atom. The lowest BCUT2D eigenvalue weighted by atomic mass is 10.2. The molecule has 0 heterocycles. The van der Waals surface area contributed by atoms with Crippen molar-refractivity contribution >= 4 is 15.7 Å². The van der Waals surface area contributed by atoms with Crippen LogP contribution in [0.1, 0.15) is 5.56 Å². The number of hydrogen-bond donors (Lipinski definition) is 2. The molecule has 0 saturated carbocycles. The quantitative estimate of drug-likeness (QED) is 0.892. The maximum atomic E-state index is 13.5. The summed E-state index contributed by atoms with van der Waals surface area (Å²) in [5, 5.41) is 2.76. The number of sulfonamides is 1. The molecule has 0 spiro atoms. The van der Waals surface area contributed by atoms with Crippen LogP contribution in [0.3, 0.4) is 0 Å². The van der Waals surface area contributed by atoms with Crippen LogP contribution in [0.2, 0.25) is 0 Å². The highest BCUT2D eigenvalue weighted by Crippen LogP contribution is 2.19. The lowest BCUT2D eigenvalue weighted by Crippen LogP contribution is -2.14. The van der Waals surface area contributed by atoms with Crippen LogP contribution in [0.5, 0.6) is 0 Å². The molecule has 0 unspecified atom stereocenters. The standard InChI is InChI=1S/C14H14F2N2O2S/c1-17-9-10-8-13(6-7-14(10)16)21(19,20)18-12-4-2-11(15)3-5-12/h2-8,17-18H,9H2,1H3. The van der Waals surface area contributed by atoms with E-state index in [1.807, 2.05) is 0 Å². The molecule has 4 nitrogen and oxygen atoms in total. The summed E-state index contributed by atoms with van der Waals surface area (Å²) >= 11 is 0. The van der Waals surface area contributed by atoms with Crippen molar-refractivity contribution in [2.75, 3.05) is 11.8 Å². The highest BCUT2D eigenvalue weighted by molar-refractivity contribution is 7.92. The first kappa shape index (κ1) is 15.4. The summed E-state index contributed by atoms with van der Waals surface area (Å²) in [5.74, 6) is -0.943. The molecule has 2 N–H and O–H groups in total. The molecule has 0 aliphatic carbocycles. The normalized spacial score (nSPS) is 11.4. The van der Waals surface area contributed by atoms with E-state index in [9.17, 15) is 17.2 Å². The number of rotatable bonds is 5. The largest absolute Gasteiger partial charge is 0.316 e. The van der Waals surface area contributed by atoms with Crippen molar-refractivity contribution in [3.8, 4) is 0 Å². The van der Waals surface area contributed by atoms with Gasteiger partial charge in [0.05, 0.1) is 4.90 Å². The molecular weight excluding hydrogens is 298 g/mol. The van der Waals surface area contributed by atoms with E-state index in [1.165, 1.54) is 24.3 Å². The minimum absolute atomic E-state index is 0.0570. The van der Waals surface area contributed by atoms with Crippen LogP contribution < -0.4 is 10.0 Å². The van der Waals surface area contributed by atoms with Gasteiger partial charge in [-0.1, -0.05) is 0 Å². The molecule has 0 aliphatic heterocycles. The summed E-state index contributed by atoms with van der Waals surface area (Å²) in [6.07, 6.45) is 0. The summed E-state index contributed by atoms with van der Waals surface area (Å²) in [6, 6.07) is 8.46. The van der Waals surface area contributed by atoms with Gasteiger partial charge in [0.15, 0.2) is 0 Å². The van der Waals surface area contributed by atoms with Crippen LogP contribution in [0.4, 0.5) is 14.5 Å². The van der Waals surface area contributed by atoms with E-state index >= 15 is 0 Å². The molecule has 2 rings (SSSR count). The monoisotopic (exact) mass is 312 g/mol. The average Bonchev–Trinajstić information content (AvgIpc) is 2.43. The van der Waals surface area contributed by atoms with E-state index in [1.54, 1.807) is 7.05 Å². The number of hydrogen-bond acceptors (Lipinski definition) is 3. The fourth-order valence-electron chi connectivity index (χ4n) is 1.78. The van der Waals surface area contributed by atoms with E-state index in [-0.39, 0.29) is 22.7 Å². The number of halogens is 2. The predicted octanol–water partition coefficient (Wildman–Crippen LogP) is 2.49. The Balaban J connectivity index is 2.31. The van der Waals surface area contributed by atoms with Crippen LogP contribution in [0.15, 0.2) is 47.4 Å². The van der Waals surface area contributed by atoms with Gasteiger partial charge < -0.3 is 5.32 Å². The summed E-state index contributed by atoms with van der Waals surface area (Å²) in [4.78, 5) is -0.0570. The molecule has 7 heteroatoms. The highest BCUT2D eigenvalue weighted by atomic mass is 32.2. The molecular formula is C14H14F2N2O2S. The van der Waals surface area contributed by atoms with Gasteiger partial charge in [0.2, 0.25) is 0 Å². The van der Waals surface area contributed by atoms with Crippen molar-refractivity contribution < 1.29 is 17.2 Å². The Morgan fingerprint density at radius 3 is 2.33 bits per heavy atom. The van der Waals surface area contributed by atoms with Crippen LogP contribution in [-0.2, 0) is 16.6 Å². The Morgan fingerprint density at radius 2 is 1.71 bits per heavy atom. The van der Waals surface area contributed by atoms with Gasteiger partial charge in [-0.2, -0.15) is 0 Å². The molecule has 0 amide bonds. The molecule has 112 valence electrons. The molecule has 0 fully saturated rings. The second kappa shape index (κ2) is 6.19. The Labute approximate surface area is 121 Å². The number of benzene rings is 2. The van der Waals surface area contributed by atoms with Gasteiger partial charge in [-0.15, -0.1) is 0 Å². The minimum atomic E-state index is -3.85. The van der Waals surface area contributed by atoms with E-state index in [0.29, 0.717) is 0 Å². The van der Waals surface area contributed by atoms with Crippen LogP contribution >= 0.6 is 0 Å². The number of nitrogens with one attached hydrogen (secondary N) is 2. The SMILES string of the molecule is CNCc1cc(S(=O)(=O)Nc2ccc(F)cc2)ccc1F. The van der Waals surface area contributed by atoms with Crippen molar-refractivity contribution in [1.82, 2.24) is 5.32 Å². The molecule has 0 aliphatic rings. The van der Waals surface area contributed by atoms with Crippen molar-refractivity contribution in [3.63, 3.8) is 0 Å². The molecule has 0 aromatic heterocycles. The van der Waals surface area contributed by atoms with Crippen molar-refractivity contribution in [2.24, 2.45) is 0 Å². The Kier molecular flexibility index (Phi) is 4.54. The first-order chi connectivity index (χ1) is 9.92. The van der Waals surface area contributed by atoms with Crippen molar-refractivity contribution in [3.05, 3.63) is 59.7 Å². The van der Waals surface area contributed by atoms with Crippen LogP contribution in [0.25, 0.3) is 0 Å². The Bertz CT molecular complexity index is 731. The molecule has 0 saturated heterocycles. The minimum Gasteiger partial charge on any atom is -0.316 e. The molecule has 2 aromatic rings. The first-order valence-electron chi connectivity index (χ1n) is 6.14. The zero-order valence-electron chi connectivity index (χ0n) is 11.2. The zero-order valence-corrected chi connectivity index (χ0v) is 12.0. The molecule has 0 atom stereocenters.